The first kappa shape index (κ1) is 25.1. The van der Waals surface area contributed by atoms with E-state index in [1.165, 1.54) is 16.8 Å². The second-order valence-electron chi connectivity index (χ2n) is 7.92. The number of carbonyl (C=O) groups excluding carboxylic acids is 1. The number of ether oxygens (including phenoxy) is 3. The van der Waals surface area contributed by atoms with E-state index >= 15 is 0 Å². The highest BCUT2D eigenvalue weighted by atomic mass is 35.5. The molecule has 0 unspecified atom stereocenters. The zero-order chi connectivity index (χ0) is 25.9. The molecular weight excluding hydrogens is 532 g/mol. The number of hydrogen-bond donors (Lipinski definition) is 1. The third-order valence-corrected chi connectivity index (χ3v) is 7.80. The highest BCUT2D eigenvalue weighted by molar-refractivity contribution is 8.27. The molecule has 37 heavy (non-hydrogen) atoms. The number of aryl methyl sites for hydroxylation is 1. The number of benzene rings is 2. The molecule has 0 spiro atoms. The molecule has 188 valence electrons. The van der Waals surface area contributed by atoms with Crippen LogP contribution in [0.2, 0.25) is 5.02 Å². The summed E-state index contributed by atoms with van der Waals surface area (Å²) in [5.41, 5.74) is 1.75. The lowest BCUT2D eigenvalue weighted by Gasteiger charge is -2.20. The predicted octanol–water partition coefficient (Wildman–Crippen LogP) is 5.84. The number of amidine groups is 2. The molecule has 8 nitrogen and oxygen atoms in total. The summed E-state index contributed by atoms with van der Waals surface area (Å²) in [5.74, 6) is 1.23. The molecule has 1 aromatic heterocycles. The second-order valence-corrected chi connectivity index (χ2v) is 10.2. The Morgan fingerprint density at radius 1 is 1.11 bits per heavy atom. The van der Waals surface area contributed by atoms with Gasteiger partial charge in [0.05, 0.1) is 17.6 Å². The molecule has 0 radical (unpaired) electrons. The zero-order valence-corrected chi connectivity index (χ0v) is 22.2. The van der Waals surface area contributed by atoms with Crippen LogP contribution in [-0.2, 0) is 4.79 Å². The summed E-state index contributed by atoms with van der Waals surface area (Å²) >= 11 is 8.87. The molecule has 2 aliphatic rings. The van der Waals surface area contributed by atoms with Crippen LogP contribution < -0.4 is 14.2 Å². The van der Waals surface area contributed by atoms with Crippen molar-refractivity contribution in [2.75, 3.05) is 20.3 Å². The number of carbonyl (C=O) groups is 1. The van der Waals surface area contributed by atoms with Gasteiger partial charge in [0.1, 0.15) is 24.0 Å². The van der Waals surface area contributed by atoms with E-state index in [1.807, 2.05) is 36.6 Å². The van der Waals surface area contributed by atoms with Gasteiger partial charge in [0.2, 0.25) is 5.17 Å². The van der Waals surface area contributed by atoms with Crippen molar-refractivity contribution in [2.24, 2.45) is 10.1 Å². The molecule has 1 N–H and O–H groups in total. The number of rotatable bonds is 8. The van der Waals surface area contributed by atoms with Crippen LogP contribution in [0.15, 0.2) is 69.6 Å². The molecular formula is C26H21ClN4O4S2. The van der Waals surface area contributed by atoms with Gasteiger partial charge in [-0.3, -0.25) is 10.2 Å². The Morgan fingerprint density at radius 2 is 1.95 bits per heavy atom. The first-order valence-electron chi connectivity index (χ1n) is 11.2. The van der Waals surface area contributed by atoms with Gasteiger partial charge in [-0.1, -0.05) is 23.7 Å². The zero-order valence-electron chi connectivity index (χ0n) is 19.9. The van der Waals surface area contributed by atoms with Gasteiger partial charge < -0.3 is 14.2 Å². The van der Waals surface area contributed by atoms with Gasteiger partial charge in [-0.15, -0.1) is 11.3 Å². The first-order chi connectivity index (χ1) is 17.9. The SMILES string of the molecule is COc1cc(/C=C2/C(=N)N3N=C(c4cccs4)SC3=NC2=O)ccc1OCCOc1ccc(Cl)c(C)c1. The lowest BCUT2D eigenvalue weighted by molar-refractivity contribution is -0.114. The fourth-order valence-electron chi connectivity index (χ4n) is 3.57. The fourth-order valence-corrected chi connectivity index (χ4v) is 5.37. The minimum atomic E-state index is -0.486. The summed E-state index contributed by atoms with van der Waals surface area (Å²) in [5, 5.41) is 18.2. The third-order valence-electron chi connectivity index (χ3n) is 5.42. The van der Waals surface area contributed by atoms with Crippen molar-refractivity contribution in [3.63, 3.8) is 0 Å². The number of methoxy groups -OCH3 is 1. The van der Waals surface area contributed by atoms with E-state index in [9.17, 15) is 4.79 Å². The summed E-state index contributed by atoms with van der Waals surface area (Å²) in [7, 11) is 1.54. The fraction of sp³-hybridized carbons (Fsp3) is 0.154. The summed E-state index contributed by atoms with van der Waals surface area (Å²) in [6.45, 7) is 2.56. The largest absolute Gasteiger partial charge is 0.493 e. The molecule has 0 saturated carbocycles. The number of aliphatic imine (C=N–C) groups is 1. The van der Waals surface area contributed by atoms with Crippen LogP contribution in [0.1, 0.15) is 16.0 Å². The number of thiophene rings is 1. The summed E-state index contributed by atoms with van der Waals surface area (Å²) < 4.78 is 17.1. The number of nitrogens with one attached hydrogen (secondary N) is 1. The van der Waals surface area contributed by atoms with Crippen molar-refractivity contribution in [1.82, 2.24) is 5.01 Å². The average molecular weight is 553 g/mol. The molecule has 2 aromatic carbocycles. The Hall–Kier alpha value is -3.60. The standard InChI is InChI=1S/C26H21ClN4O4S2/c1-15-12-17(6-7-19(15)27)34-9-10-35-20-8-5-16(14-21(20)33-2)13-18-23(28)31-26(29-24(18)32)37-25(30-31)22-4-3-11-36-22/h3-8,11-14,28H,9-10H2,1-2H3/b18-13-,28-23?. The number of hydrogen-bond acceptors (Lipinski definition) is 8. The molecule has 5 rings (SSSR count). The smallest absolute Gasteiger partial charge is 0.283 e. The van der Waals surface area contributed by atoms with Crippen molar-refractivity contribution in [3.05, 3.63) is 80.5 Å². The van der Waals surface area contributed by atoms with Crippen molar-refractivity contribution in [1.29, 1.82) is 5.41 Å². The van der Waals surface area contributed by atoms with E-state index in [-0.39, 0.29) is 11.4 Å². The number of amides is 1. The van der Waals surface area contributed by atoms with Gasteiger partial charge in [-0.2, -0.15) is 15.1 Å². The maximum absolute atomic E-state index is 12.7. The van der Waals surface area contributed by atoms with Crippen LogP contribution in [0.5, 0.6) is 17.2 Å². The Labute approximate surface area is 226 Å². The summed E-state index contributed by atoms with van der Waals surface area (Å²) in [4.78, 5) is 17.8. The van der Waals surface area contributed by atoms with Crippen LogP contribution in [-0.4, -0.2) is 47.3 Å². The number of halogens is 1. The number of hydrazone groups is 1. The molecule has 0 bridgehead atoms. The van der Waals surface area contributed by atoms with Crippen molar-refractivity contribution in [2.45, 2.75) is 6.92 Å². The Bertz CT molecular complexity index is 1470. The van der Waals surface area contributed by atoms with E-state index < -0.39 is 5.91 Å². The van der Waals surface area contributed by atoms with Gasteiger partial charge in [0.25, 0.3) is 5.91 Å². The summed E-state index contributed by atoms with van der Waals surface area (Å²) in [6, 6.07) is 14.6. The topological polar surface area (TPSA) is 96.6 Å². The van der Waals surface area contributed by atoms with Crippen LogP contribution in [0.25, 0.3) is 6.08 Å². The highest BCUT2D eigenvalue weighted by Gasteiger charge is 2.36. The molecule has 0 aliphatic carbocycles. The van der Waals surface area contributed by atoms with Gasteiger partial charge >= 0.3 is 0 Å². The second kappa shape index (κ2) is 10.8. The maximum atomic E-state index is 12.7. The maximum Gasteiger partial charge on any atom is 0.283 e. The Kier molecular flexibility index (Phi) is 7.31. The average Bonchev–Trinajstić information content (AvgIpc) is 3.57. The van der Waals surface area contributed by atoms with Gasteiger partial charge in [0.15, 0.2) is 17.3 Å². The quantitative estimate of drug-likeness (QED) is 0.278. The van der Waals surface area contributed by atoms with Gasteiger partial charge in [0, 0.05) is 5.02 Å². The van der Waals surface area contributed by atoms with E-state index in [0.717, 1.165) is 10.4 Å². The molecule has 2 aliphatic heterocycles. The number of fused-ring (bicyclic) bond motifs is 1. The van der Waals surface area contributed by atoms with Crippen molar-refractivity contribution in [3.8, 4) is 17.2 Å². The van der Waals surface area contributed by atoms with Crippen LogP contribution in [0.3, 0.4) is 0 Å². The molecule has 0 saturated heterocycles. The van der Waals surface area contributed by atoms with Crippen molar-refractivity contribution < 1.29 is 19.0 Å². The van der Waals surface area contributed by atoms with Crippen LogP contribution in [0.4, 0.5) is 0 Å². The van der Waals surface area contributed by atoms with Crippen LogP contribution in [0, 0.1) is 12.3 Å². The summed E-state index contributed by atoms with van der Waals surface area (Å²) in [6.07, 6.45) is 1.60. The lowest BCUT2D eigenvalue weighted by Crippen LogP contribution is -2.35. The Balaban J connectivity index is 1.27. The van der Waals surface area contributed by atoms with Crippen LogP contribution >= 0.6 is 34.7 Å². The minimum Gasteiger partial charge on any atom is -0.493 e. The lowest BCUT2D eigenvalue weighted by atomic mass is 10.1. The monoisotopic (exact) mass is 552 g/mol. The van der Waals surface area contributed by atoms with Crippen molar-refractivity contribution >= 4 is 62.7 Å². The first-order valence-corrected chi connectivity index (χ1v) is 13.2. The van der Waals surface area contributed by atoms with Gasteiger partial charge in [-0.05, 0) is 77.7 Å². The molecule has 0 fully saturated rings. The van der Waals surface area contributed by atoms with E-state index in [4.69, 9.17) is 31.2 Å². The number of nitrogens with zero attached hydrogens (tertiary/aromatic N) is 3. The minimum absolute atomic E-state index is 0.0251. The van der Waals surface area contributed by atoms with E-state index in [0.29, 0.717) is 51.3 Å². The third kappa shape index (κ3) is 5.41. The van der Waals surface area contributed by atoms with E-state index in [1.54, 1.807) is 48.8 Å². The predicted molar refractivity (Wildman–Crippen MR) is 149 cm³/mol. The van der Waals surface area contributed by atoms with E-state index in [2.05, 4.69) is 10.1 Å². The molecule has 1 amide bonds. The molecule has 3 aromatic rings. The molecule has 11 heteroatoms. The Morgan fingerprint density at radius 3 is 2.70 bits per heavy atom. The van der Waals surface area contributed by atoms with Gasteiger partial charge in [-0.25, -0.2) is 0 Å². The highest BCUT2D eigenvalue weighted by Crippen LogP contribution is 2.33. The number of thioether (sulfide) groups is 1. The molecule has 3 heterocycles. The molecule has 0 atom stereocenters. The normalized spacial score (nSPS) is 16.0.